The normalized spacial score (nSPS) is 10.1. The molecule has 21 heavy (non-hydrogen) atoms. The van der Waals surface area contributed by atoms with Crippen molar-refractivity contribution < 1.29 is 14.3 Å². The Balaban J connectivity index is 1.68. The lowest BCUT2D eigenvalue weighted by Crippen LogP contribution is -2.30. The van der Waals surface area contributed by atoms with E-state index in [2.05, 4.69) is 5.32 Å². The van der Waals surface area contributed by atoms with Crippen LogP contribution in [0.5, 0.6) is 0 Å². The standard InChI is InChI=1S/C16H17NO3S/c1-12-4-2-3-5-13(12)6-8-17-15(18)10-20-16(19)14-7-9-21-11-14/h2-5,7,9,11H,6,8,10H2,1H3,(H,17,18). The van der Waals surface area contributed by atoms with Crippen molar-refractivity contribution in [1.82, 2.24) is 5.32 Å². The number of rotatable bonds is 6. The minimum Gasteiger partial charge on any atom is -0.452 e. The van der Waals surface area contributed by atoms with Crippen LogP contribution < -0.4 is 5.32 Å². The number of ether oxygens (including phenoxy) is 1. The highest BCUT2D eigenvalue weighted by Gasteiger charge is 2.10. The summed E-state index contributed by atoms with van der Waals surface area (Å²) in [6.45, 7) is 2.32. The molecule has 0 atom stereocenters. The highest BCUT2D eigenvalue weighted by Crippen LogP contribution is 2.08. The van der Waals surface area contributed by atoms with Crippen LogP contribution in [0.4, 0.5) is 0 Å². The Labute approximate surface area is 127 Å². The first-order chi connectivity index (χ1) is 10.2. The summed E-state index contributed by atoms with van der Waals surface area (Å²) in [4.78, 5) is 23.2. The van der Waals surface area contributed by atoms with Gasteiger partial charge in [-0.1, -0.05) is 24.3 Å². The molecule has 1 N–H and O–H groups in total. The van der Waals surface area contributed by atoms with E-state index in [9.17, 15) is 9.59 Å². The van der Waals surface area contributed by atoms with Gasteiger partial charge in [0.1, 0.15) is 0 Å². The van der Waals surface area contributed by atoms with E-state index in [1.165, 1.54) is 22.5 Å². The van der Waals surface area contributed by atoms with Crippen LogP contribution in [0.3, 0.4) is 0 Å². The van der Waals surface area contributed by atoms with Crippen LogP contribution in [-0.4, -0.2) is 25.0 Å². The molecule has 1 aromatic heterocycles. The molecule has 110 valence electrons. The number of hydrogen-bond donors (Lipinski definition) is 1. The predicted octanol–water partition coefficient (Wildman–Crippen LogP) is 2.57. The molecule has 0 aliphatic rings. The fourth-order valence-electron chi connectivity index (χ4n) is 1.87. The number of esters is 1. The van der Waals surface area contributed by atoms with Crippen molar-refractivity contribution in [3.8, 4) is 0 Å². The summed E-state index contributed by atoms with van der Waals surface area (Å²) in [6.07, 6.45) is 0.761. The Kier molecular flexibility index (Phi) is 5.51. The zero-order chi connectivity index (χ0) is 15.1. The average Bonchev–Trinajstić information content (AvgIpc) is 3.01. The SMILES string of the molecule is Cc1ccccc1CCNC(=O)COC(=O)c1ccsc1. The number of nitrogens with one attached hydrogen (secondary N) is 1. The van der Waals surface area contributed by atoms with Gasteiger partial charge in [-0.3, -0.25) is 4.79 Å². The molecular weight excluding hydrogens is 286 g/mol. The van der Waals surface area contributed by atoms with Crippen LogP contribution in [0.25, 0.3) is 0 Å². The Morgan fingerprint density at radius 3 is 2.76 bits per heavy atom. The fourth-order valence-corrected chi connectivity index (χ4v) is 2.50. The molecule has 0 saturated carbocycles. The van der Waals surface area contributed by atoms with Gasteiger partial charge >= 0.3 is 5.97 Å². The van der Waals surface area contributed by atoms with Gasteiger partial charge in [-0.25, -0.2) is 4.79 Å². The predicted molar refractivity (Wildman–Crippen MR) is 82.5 cm³/mol. The van der Waals surface area contributed by atoms with Gasteiger partial charge < -0.3 is 10.1 Å². The minimum atomic E-state index is -0.467. The second-order valence-electron chi connectivity index (χ2n) is 4.61. The Hall–Kier alpha value is -2.14. The number of carbonyl (C=O) groups excluding carboxylic acids is 2. The number of carbonyl (C=O) groups is 2. The van der Waals surface area contributed by atoms with Crippen LogP contribution in [0, 0.1) is 6.92 Å². The zero-order valence-corrected chi connectivity index (χ0v) is 12.6. The molecule has 0 spiro atoms. The third kappa shape index (κ3) is 4.72. The van der Waals surface area contributed by atoms with Crippen LogP contribution >= 0.6 is 11.3 Å². The lowest BCUT2D eigenvalue weighted by Gasteiger charge is -2.07. The second kappa shape index (κ2) is 7.59. The molecule has 1 heterocycles. The summed E-state index contributed by atoms with van der Waals surface area (Å²) in [5.41, 5.74) is 2.89. The second-order valence-corrected chi connectivity index (χ2v) is 5.39. The van der Waals surface area contributed by atoms with Gasteiger partial charge in [0.25, 0.3) is 5.91 Å². The van der Waals surface area contributed by atoms with Gasteiger partial charge in [-0.2, -0.15) is 11.3 Å². The molecule has 0 bridgehead atoms. The van der Waals surface area contributed by atoms with E-state index < -0.39 is 5.97 Å². The number of hydrogen-bond acceptors (Lipinski definition) is 4. The van der Waals surface area contributed by atoms with Crippen molar-refractivity contribution in [3.63, 3.8) is 0 Å². The Morgan fingerprint density at radius 1 is 1.24 bits per heavy atom. The van der Waals surface area contributed by atoms with Crippen LogP contribution in [0.1, 0.15) is 21.5 Å². The quantitative estimate of drug-likeness (QED) is 0.835. The summed E-state index contributed by atoms with van der Waals surface area (Å²) >= 11 is 1.41. The van der Waals surface area contributed by atoms with Gasteiger partial charge in [0, 0.05) is 11.9 Å². The Bertz CT molecular complexity index is 608. The monoisotopic (exact) mass is 303 g/mol. The van der Waals surface area contributed by atoms with E-state index in [0.717, 1.165) is 6.42 Å². The summed E-state index contributed by atoms with van der Waals surface area (Å²) in [7, 11) is 0. The maximum atomic E-state index is 11.6. The first kappa shape index (κ1) is 15.3. The Morgan fingerprint density at radius 2 is 2.05 bits per heavy atom. The lowest BCUT2D eigenvalue weighted by molar-refractivity contribution is -0.124. The molecule has 2 aromatic rings. The maximum absolute atomic E-state index is 11.6. The molecule has 4 nitrogen and oxygen atoms in total. The van der Waals surface area contributed by atoms with E-state index in [0.29, 0.717) is 12.1 Å². The van der Waals surface area contributed by atoms with Crippen molar-refractivity contribution >= 4 is 23.2 Å². The summed E-state index contributed by atoms with van der Waals surface area (Å²) < 4.78 is 4.93. The van der Waals surface area contributed by atoms with Gasteiger partial charge in [-0.05, 0) is 35.9 Å². The van der Waals surface area contributed by atoms with E-state index in [4.69, 9.17) is 4.74 Å². The number of thiophene rings is 1. The number of aryl methyl sites for hydroxylation is 1. The number of amides is 1. The van der Waals surface area contributed by atoms with Crippen molar-refractivity contribution in [2.75, 3.05) is 13.2 Å². The van der Waals surface area contributed by atoms with Crippen molar-refractivity contribution in [3.05, 3.63) is 57.8 Å². The highest BCUT2D eigenvalue weighted by atomic mass is 32.1. The van der Waals surface area contributed by atoms with Crippen LogP contribution in [0.2, 0.25) is 0 Å². The zero-order valence-electron chi connectivity index (χ0n) is 11.8. The van der Waals surface area contributed by atoms with Gasteiger partial charge in [0.2, 0.25) is 0 Å². The summed E-state index contributed by atoms with van der Waals surface area (Å²) in [5, 5.41) is 6.23. The molecule has 0 aliphatic heterocycles. The van der Waals surface area contributed by atoms with Crippen molar-refractivity contribution in [2.24, 2.45) is 0 Å². The van der Waals surface area contributed by atoms with E-state index in [1.807, 2.05) is 31.2 Å². The van der Waals surface area contributed by atoms with E-state index >= 15 is 0 Å². The molecule has 0 aliphatic carbocycles. The molecule has 0 unspecified atom stereocenters. The molecule has 0 radical (unpaired) electrons. The van der Waals surface area contributed by atoms with Crippen molar-refractivity contribution in [1.29, 1.82) is 0 Å². The van der Waals surface area contributed by atoms with Crippen LogP contribution in [0.15, 0.2) is 41.1 Å². The minimum absolute atomic E-state index is 0.248. The average molecular weight is 303 g/mol. The molecule has 0 fully saturated rings. The van der Waals surface area contributed by atoms with Gasteiger partial charge in [-0.15, -0.1) is 0 Å². The van der Waals surface area contributed by atoms with Gasteiger partial charge in [0.05, 0.1) is 5.56 Å². The van der Waals surface area contributed by atoms with Gasteiger partial charge in [0.15, 0.2) is 6.61 Å². The molecule has 2 rings (SSSR count). The van der Waals surface area contributed by atoms with Crippen LogP contribution in [-0.2, 0) is 16.0 Å². The summed E-state index contributed by atoms with van der Waals surface area (Å²) in [6, 6.07) is 9.72. The highest BCUT2D eigenvalue weighted by molar-refractivity contribution is 7.08. The first-order valence-corrected chi connectivity index (χ1v) is 7.61. The third-order valence-corrected chi connectivity index (χ3v) is 3.75. The molecule has 1 amide bonds. The first-order valence-electron chi connectivity index (χ1n) is 6.67. The molecule has 1 aromatic carbocycles. The van der Waals surface area contributed by atoms with E-state index in [-0.39, 0.29) is 12.5 Å². The van der Waals surface area contributed by atoms with E-state index in [1.54, 1.807) is 16.8 Å². The maximum Gasteiger partial charge on any atom is 0.339 e. The molecule has 5 heteroatoms. The third-order valence-electron chi connectivity index (χ3n) is 3.07. The fraction of sp³-hybridized carbons (Fsp3) is 0.250. The largest absolute Gasteiger partial charge is 0.452 e. The summed E-state index contributed by atoms with van der Waals surface area (Å²) in [5.74, 6) is -0.752. The molecule has 0 saturated heterocycles. The number of benzene rings is 1. The van der Waals surface area contributed by atoms with Crippen molar-refractivity contribution in [2.45, 2.75) is 13.3 Å². The molecular formula is C16H17NO3S. The lowest BCUT2D eigenvalue weighted by atomic mass is 10.1. The smallest absolute Gasteiger partial charge is 0.339 e. The topological polar surface area (TPSA) is 55.4 Å².